The van der Waals surface area contributed by atoms with Gasteiger partial charge in [-0.05, 0) is 24.1 Å². The molecule has 3 nitrogen and oxygen atoms in total. The quantitative estimate of drug-likeness (QED) is 0.875. The van der Waals surface area contributed by atoms with Crippen molar-refractivity contribution < 1.29 is 0 Å². The molecule has 0 aliphatic heterocycles. The Bertz CT molecular complexity index is 589. The SMILES string of the molecule is Clc1ccc(CCNc2cc(Cl)nnc2Cl)c(Cl)c1. The maximum Gasteiger partial charge on any atom is 0.174 e. The van der Waals surface area contributed by atoms with E-state index in [-0.39, 0.29) is 10.3 Å². The van der Waals surface area contributed by atoms with Crippen LogP contribution in [0.15, 0.2) is 24.3 Å². The summed E-state index contributed by atoms with van der Waals surface area (Å²) in [6.45, 7) is 0.642. The number of halogens is 4. The van der Waals surface area contributed by atoms with Gasteiger partial charge in [-0.1, -0.05) is 52.5 Å². The molecule has 0 spiro atoms. The molecule has 0 unspecified atom stereocenters. The highest BCUT2D eigenvalue weighted by Gasteiger charge is 2.05. The number of aromatic nitrogens is 2. The van der Waals surface area contributed by atoms with E-state index in [0.717, 1.165) is 12.0 Å². The molecule has 100 valence electrons. The topological polar surface area (TPSA) is 37.8 Å². The van der Waals surface area contributed by atoms with Crippen LogP contribution in [0, 0.1) is 0 Å². The molecule has 0 bridgehead atoms. The highest BCUT2D eigenvalue weighted by atomic mass is 35.5. The first-order valence-electron chi connectivity index (χ1n) is 5.43. The third-order valence-corrected chi connectivity index (χ3v) is 3.49. The molecule has 1 aromatic carbocycles. The lowest BCUT2D eigenvalue weighted by molar-refractivity contribution is 0.993. The normalized spacial score (nSPS) is 10.5. The van der Waals surface area contributed by atoms with Gasteiger partial charge in [0.05, 0.1) is 5.69 Å². The van der Waals surface area contributed by atoms with Gasteiger partial charge in [0.15, 0.2) is 10.3 Å². The molecule has 0 atom stereocenters. The van der Waals surface area contributed by atoms with Gasteiger partial charge in [0.1, 0.15) is 0 Å². The predicted octanol–water partition coefficient (Wildman–Crippen LogP) is 4.74. The molecule has 2 aromatic rings. The lowest BCUT2D eigenvalue weighted by Crippen LogP contribution is -2.06. The lowest BCUT2D eigenvalue weighted by Gasteiger charge is -2.08. The monoisotopic (exact) mass is 335 g/mol. The zero-order valence-corrected chi connectivity index (χ0v) is 12.7. The summed E-state index contributed by atoms with van der Waals surface area (Å²) in [5, 5.41) is 12.3. The maximum atomic E-state index is 6.09. The second-order valence-corrected chi connectivity index (χ2v) is 5.37. The molecule has 0 saturated carbocycles. The highest BCUT2D eigenvalue weighted by Crippen LogP contribution is 2.23. The minimum atomic E-state index is 0.284. The Morgan fingerprint density at radius 1 is 1.00 bits per heavy atom. The molecule has 0 aliphatic rings. The number of benzene rings is 1. The van der Waals surface area contributed by atoms with E-state index in [1.54, 1.807) is 18.2 Å². The zero-order valence-electron chi connectivity index (χ0n) is 9.63. The van der Waals surface area contributed by atoms with Crippen molar-refractivity contribution in [3.63, 3.8) is 0 Å². The van der Waals surface area contributed by atoms with Gasteiger partial charge in [0.25, 0.3) is 0 Å². The van der Waals surface area contributed by atoms with Crippen molar-refractivity contribution in [3.05, 3.63) is 50.2 Å². The van der Waals surface area contributed by atoms with E-state index in [9.17, 15) is 0 Å². The van der Waals surface area contributed by atoms with Crippen molar-refractivity contribution in [3.8, 4) is 0 Å². The Kier molecular flexibility index (Phi) is 5.11. The maximum absolute atomic E-state index is 6.09. The van der Waals surface area contributed by atoms with Crippen molar-refractivity contribution in [2.24, 2.45) is 0 Å². The second-order valence-electron chi connectivity index (χ2n) is 3.78. The lowest BCUT2D eigenvalue weighted by atomic mass is 10.1. The fourth-order valence-corrected chi connectivity index (χ4v) is 2.34. The Hall–Kier alpha value is -0.740. The Morgan fingerprint density at radius 2 is 1.79 bits per heavy atom. The second kappa shape index (κ2) is 6.62. The van der Waals surface area contributed by atoms with Gasteiger partial charge in [-0.15, -0.1) is 10.2 Å². The highest BCUT2D eigenvalue weighted by molar-refractivity contribution is 6.35. The molecule has 7 heteroatoms. The number of rotatable bonds is 4. The van der Waals surface area contributed by atoms with E-state index in [0.29, 0.717) is 22.3 Å². The summed E-state index contributed by atoms with van der Waals surface area (Å²) in [7, 11) is 0. The first kappa shape index (κ1) is 14.7. The predicted molar refractivity (Wildman–Crippen MR) is 80.7 cm³/mol. The summed E-state index contributed by atoms with van der Waals surface area (Å²) in [6.07, 6.45) is 0.728. The van der Waals surface area contributed by atoms with E-state index in [4.69, 9.17) is 46.4 Å². The molecular formula is C12H9Cl4N3. The van der Waals surface area contributed by atoms with Crippen LogP contribution in [0.25, 0.3) is 0 Å². The fraction of sp³-hybridized carbons (Fsp3) is 0.167. The van der Waals surface area contributed by atoms with Crippen molar-refractivity contribution in [1.29, 1.82) is 0 Å². The van der Waals surface area contributed by atoms with Crippen LogP contribution in [0.4, 0.5) is 5.69 Å². The average Bonchev–Trinajstić information content (AvgIpc) is 2.36. The van der Waals surface area contributed by atoms with Crippen molar-refractivity contribution in [1.82, 2.24) is 10.2 Å². The van der Waals surface area contributed by atoms with Crippen LogP contribution in [0.2, 0.25) is 20.4 Å². The molecule has 1 aromatic heterocycles. The van der Waals surface area contributed by atoms with Crippen LogP contribution in [0.1, 0.15) is 5.56 Å². The molecule has 2 rings (SSSR count). The van der Waals surface area contributed by atoms with E-state index in [1.807, 2.05) is 6.07 Å². The molecule has 1 heterocycles. The molecule has 0 fully saturated rings. The van der Waals surface area contributed by atoms with E-state index in [1.165, 1.54) is 0 Å². The molecule has 0 saturated heterocycles. The number of anilines is 1. The van der Waals surface area contributed by atoms with E-state index in [2.05, 4.69) is 15.5 Å². The minimum absolute atomic E-state index is 0.284. The van der Waals surface area contributed by atoms with Crippen LogP contribution in [0.3, 0.4) is 0 Å². The van der Waals surface area contributed by atoms with E-state index < -0.39 is 0 Å². The van der Waals surface area contributed by atoms with Gasteiger partial charge in [0, 0.05) is 22.7 Å². The van der Waals surface area contributed by atoms with Gasteiger partial charge < -0.3 is 5.32 Å². The first-order chi connectivity index (χ1) is 9.06. The summed E-state index contributed by atoms with van der Waals surface area (Å²) >= 11 is 23.6. The zero-order chi connectivity index (χ0) is 13.8. The Labute approximate surface area is 130 Å². The summed E-state index contributed by atoms with van der Waals surface area (Å²) in [6, 6.07) is 7.04. The van der Waals surface area contributed by atoms with Crippen LogP contribution < -0.4 is 5.32 Å². The van der Waals surface area contributed by atoms with Gasteiger partial charge in [-0.3, -0.25) is 0 Å². The molecule has 0 aliphatic carbocycles. The third-order valence-electron chi connectivity index (χ3n) is 2.44. The Balaban J connectivity index is 1.98. The largest absolute Gasteiger partial charge is 0.382 e. The molecular weight excluding hydrogens is 328 g/mol. The van der Waals surface area contributed by atoms with Crippen molar-refractivity contribution >= 4 is 52.1 Å². The van der Waals surface area contributed by atoms with Crippen LogP contribution >= 0.6 is 46.4 Å². The number of hydrogen-bond donors (Lipinski definition) is 1. The van der Waals surface area contributed by atoms with Gasteiger partial charge >= 0.3 is 0 Å². The van der Waals surface area contributed by atoms with Gasteiger partial charge in [-0.2, -0.15) is 0 Å². The summed E-state index contributed by atoms with van der Waals surface area (Å²) in [5.74, 6) is 0. The molecule has 19 heavy (non-hydrogen) atoms. The number of nitrogens with one attached hydrogen (secondary N) is 1. The van der Waals surface area contributed by atoms with Gasteiger partial charge in [-0.25, -0.2) is 0 Å². The van der Waals surface area contributed by atoms with Gasteiger partial charge in [0.2, 0.25) is 0 Å². The molecule has 0 radical (unpaired) electrons. The number of nitrogens with zero attached hydrogens (tertiary/aromatic N) is 2. The molecule has 1 N–H and O–H groups in total. The average molecular weight is 337 g/mol. The van der Waals surface area contributed by atoms with Crippen LogP contribution in [-0.4, -0.2) is 16.7 Å². The minimum Gasteiger partial charge on any atom is -0.382 e. The standard InChI is InChI=1S/C12H9Cl4N3/c13-8-2-1-7(9(14)5-8)3-4-17-10-6-11(15)18-19-12(10)16/h1-2,5-6H,3-4H2,(H,17,18). The summed E-state index contributed by atoms with van der Waals surface area (Å²) in [5.41, 5.74) is 1.65. The summed E-state index contributed by atoms with van der Waals surface area (Å²) in [4.78, 5) is 0. The fourth-order valence-electron chi connectivity index (χ4n) is 1.53. The first-order valence-corrected chi connectivity index (χ1v) is 6.94. The van der Waals surface area contributed by atoms with E-state index >= 15 is 0 Å². The molecule has 0 amide bonds. The third kappa shape index (κ3) is 4.11. The van der Waals surface area contributed by atoms with Crippen molar-refractivity contribution in [2.75, 3.05) is 11.9 Å². The van der Waals surface area contributed by atoms with Crippen molar-refractivity contribution in [2.45, 2.75) is 6.42 Å². The Morgan fingerprint density at radius 3 is 2.53 bits per heavy atom. The van der Waals surface area contributed by atoms with Crippen LogP contribution in [0.5, 0.6) is 0 Å². The smallest absolute Gasteiger partial charge is 0.174 e. The number of hydrogen-bond acceptors (Lipinski definition) is 3. The van der Waals surface area contributed by atoms with Crippen LogP contribution in [-0.2, 0) is 6.42 Å². The summed E-state index contributed by atoms with van der Waals surface area (Å²) < 4.78 is 0.